The standard InChI is InChI=1S/C26H28FN5O4/c1-14(2)10-15-12-36-25-22(29-8-5-9-31-13-30-17-6-3-4-7-18(17)31)20(27)21(28)19-23(25)32(15)11-16(24(19)33)26(34)35/h3-4,6-7,11,13-15,29H,5,8-10,12,28H2,1-2H3,(H,34,35)/t15-/m0/s1. The highest BCUT2D eigenvalue weighted by Gasteiger charge is 2.32. The van der Waals surface area contributed by atoms with E-state index >= 15 is 4.39 Å². The Morgan fingerprint density at radius 3 is 2.89 bits per heavy atom. The first-order valence-electron chi connectivity index (χ1n) is 12.0. The van der Waals surface area contributed by atoms with Crippen molar-refractivity contribution in [2.24, 2.45) is 5.92 Å². The number of nitrogens with one attached hydrogen (secondary N) is 1. The van der Waals surface area contributed by atoms with E-state index in [1.165, 1.54) is 6.20 Å². The summed E-state index contributed by atoms with van der Waals surface area (Å²) in [6, 6.07) is 7.61. The fourth-order valence-electron chi connectivity index (χ4n) is 4.95. The van der Waals surface area contributed by atoms with Crippen molar-refractivity contribution in [1.29, 1.82) is 0 Å². The van der Waals surface area contributed by atoms with Gasteiger partial charge in [0.25, 0.3) is 0 Å². The molecule has 0 radical (unpaired) electrons. The number of carbonyl (C=O) groups is 1. The Balaban J connectivity index is 1.51. The molecule has 1 aliphatic rings. The average molecular weight is 494 g/mol. The number of carboxylic acid groups (broad SMARTS) is 1. The van der Waals surface area contributed by atoms with Crippen molar-refractivity contribution in [3.05, 3.63) is 58.4 Å². The van der Waals surface area contributed by atoms with E-state index in [1.807, 2.05) is 42.7 Å². The van der Waals surface area contributed by atoms with Crippen LogP contribution in [0.4, 0.5) is 15.8 Å². The molecule has 4 N–H and O–H groups in total. The number of nitrogens with two attached hydrogens (primary N) is 1. The highest BCUT2D eigenvalue weighted by molar-refractivity contribution is 6.03. The highest BCUT2D eigenvalue weighted by atomic mass is 19.1. The quantitative estimate of drug-likeness (QED) is 0.248. The summed E-state index contributed by atoms with van der Waals surface area (Å²) in [6.45, 7) is 5.39. The molecule has 3 heterocycles. The summed E-state index contributed by atoms with van der Waals surface area (Å²) in [7, 11) is 0. The molecule has 0 bridgehead atoms. The summed E-state index contributed by atoms with van der Waals surface area (Å²) in [5.41, 5.74) is 6.79. The van der Waals surface area contributed by atoms with Crippen LogP contribution in [0.2, 0.25) is 0 Å². The Kier molecular flexibility index (Phi) is 6.03. The van der Waals surface area contributed by atoms with Gasteiger partial charge in [-0.25, -0.2) is 14.2 Å². The Morgan fingerprint density at radius 2 is 2.14 bits per heavy atom. The lowest BCUT2D eigenvalue weighted by molar-refractivity contribution is 0.0694. The fraction of sp³-hybridized carbons (Fsp3) is 0.346. The summed E-state index contributed by atoms with van der Waals surface area (Å²) < 4.78 is 25.2. The molecule has 0 aliphatic carbocycles. The smallest absolute Gasteiger partial charge is 0.341 e. The van der Waals surface area contributed by atoms with Crippen LogP contribution >= 0.6 is 0 Å². The molecule has 0 fully saturated rings. The maximum Gasteiger partial charge on any atom is 0.341 e. The molecule has 36 heavy (non-hydrogen) atoms. The third-order valence-corrected chi connectivity index (χ3v) is 6.59. The first-order chi connectivity index (χ1) is 17.3. The van der Waals surface area contributed by atoms with Crippen LogP contribution in [0, 0.1) is 11.7 Å². The summed E-state index contributed by atoms with van der Waals surface area (Å²) in [5.74, 6) is -1.73. The molecule has 0 saturated heterocycles. The van der Waals surface area contributed by atoms with Crippen LogP contribution in [0.1, 0.15) is 43.1 Å². The van der Waals surface area contributed by atoms with E-state index in [1.54, 1.807) is 10.9 Å². The van der Waals surface area contributed by atoms with Gasteiger partial charge in [0.1, 0.15) is 17.9 Å². The average Bonchev–Trinajstić information content (AvgIpc) is 3.25. The number of fused-ring (bicyclic) bond motifs is 1. The first-order valence-corrected chi connectivity index (χ1v) is 12.0. The number of nitrogens with zero attached hydrogens (tertiary/aromatic N) is 3. The number of benzene rings is 2. The van der Waals surface area contributed by atoms with E-state index in [4.69, 9.17) is 10.5 Å². The number of imidazole rings is 1. The number of para-hydroxylation sites is 2. The molecule has 10 heteroatoms. The van der Waals surface area contributed by atoms with E-state index < -0.39 is 22.8 Å². The molecule has 9 nitrogen and oxygen atoms in total. The number of pyridine rings is 1. The van der Waals surface area contributed by atoms with Crippen molar-refractivity contribution in [2.45, 2.75) is 39.3 Å². The molecular formula is C26H28FN5O4. The van der Waals surface area contributed by atoms with Crippen LogP contribution in [0.15, 0.2) is 41.6 Å². The molecule has 1 aliphatic heterocycles. The van der Waals surface area contributed by atoms with Crippen LogP contribution in [-0.2, 0) is 6.54 Å². The minimum Gasteiger partial charge on any atom is -0.487 e. The van der Waals surface area contributed by atoms with E-state index in [9.17, 15) is 14.7 Å². The van der Waals surface area contributed by atoms with Crippen LogP contribution < -0.4 is 21.2 Å². The Bertz CT molecular complexity index is 1540. The molecule has 1 atom stereocenters. The van der Waals surface area contributed by atoms with Gasteiger partial charge < -0.3 is 30.0 Å². The summed E-state index contributed by atoms with van der Waals surface area (Å²) in [4.78, 5) is 29.2. The second kappa shape index (κ2) is 9.18. The molecule has 0 spiro atoms. The number of anilines is 2. The van der Waals surface area contributed by atoms with E-state index in [0.29, 0.717) is 31.4 Å². The predicted molar refractivity (Wildman–Crippen MR) is 136 cm³/mol. The lowest BCUT2D eigenvalue weighted by Gasteiger charge is -2.32. The van der Waals surface area contributed by atoms with Crippen molar-refractivity contribution in [3.8, 4) is 5.75 Å². The van der Waals surface area contributed by atoms with Gasteiger partial charge in [-0.2, -0.15) is 0 Å². The summed E-state index contributed by atoms with van der Waals surface area (Å²) >= 11 is 0. The monoisotopic (exact) mass is 493 g/mol. The van der Waals surface area contributed by atoms with E-state index in [2.05, 4.69) is 10.3 Å². The lowest BCUT2D eigenvalue weighted by atomic mass is 9.99. The van der Waals surface area contributed by atoms with Crippen molar-refractivity contribution >= 4 is 39.3 Å². The zero-order chi connectivity index (χ0) is 25.6. The van der Waals surface area contributed by atoms with Gasteiger partial charge in [-0.3, -0.25) is 4.79 Å². The van der Waals surface area contributed by atoms with Gasteiger partial charge in [-0.15, -0.1) is 0 Å². The number of aromatic nitrogens is 3. The number of hydrogen-bond acceptors (Lipinski definition) is 6. The molecule has 0 amide bonds. The minimum absolute atomic E-state index is 0.0784. The third kappa shape index (κ3) is 3.92. The number of halogens is 1. The number of ether oxygens (including phenoxy) is 1. The second-order valence-corrected chi connectivity index (χ2v) is 9.54. The summed E-state index contributed by atoms with van der Waals surface area (Å²) in [6.07, 6.45) is 4.46. The van der Waals surface area contributed by atoms with Crippen LogP contribution in [0.3, 0.4) is 0 Å². The van der Waals surface area contributed by atoms with Gasteiger partial charge in [0.15, 0.2) is 11.6 Å². The van der Waals surface area contributed by atoms with Crippen molar-refractivity contribution in [3.63, 3.8) is 0 Å². The molecular weight excluding hydrogens is 465 g/mol. The SMILES string of the molecule is CC(C)C[C@H]1COc2c(NCCCn3cnc4ccccc43)c(F)c(N)c3c(=O)c(C(=O)O)cn1c23. The maximum atomic E-state index is 15.5. The molecule has 4 aromatic rings. The zero-order valence-corrected chi connectivity index (χ0v) is 20.1. The zero-order valence-electron chi connectivity index (χ0n) is 20.1. The van der Waals surface area contributed by atoms with Crippen molar-refractivity contribution in [1.82, 2.24) is 14.1 Å². The molecule has 188 valence electrons. The van der Waals surface area contributed by atoms with E-state index in [0.717, 1.165) is 11.0 Å². The van der Waals surface area contributed by atoms with Gasteiger partial charge in [0.2, 0.25) is 5.43 Å². The fourth-order valence-corrected chi connectivity index (χ4v) is 4.95. The predicted octanol–water partition coefficient (Wildman–Crippen LogP) is 4.25. The molecule has 2 aromatic heterocycles. The van der Waals surface area contributed by atoms with Gasteiger partial charge in [-0.1, -0.05) is 26.0 Å². The van der Waals surface area contributed by atoms with Crippen molar-refractivity contribution < 1.29 is 19.0 Å². The second-order valence-electron chi connectivity index (χ2n) is 9.54. The topological polar surface area (TPSA) is 124 Å². The maximum absolute atomic E-state index is 15.5. The number of aryl methyl sites for hydroxylation is 1. The number of aromatic carboxylic acids is 1. The van der Waals surface area contributed by atoms with E-state index in [-0.39, 0.29) is 41.1 Å². The number of nitrogen functional groups attached to an aromatic ring is 1. The Morgan fingerprint density at radius 1 is 1.36 bits per heavy atom. The first kappa shape index (κ1) is 23.7. The van der Waals surface area contributed by atoms with Crippen LogP contribution in [0.25, 0.3) is 21.9 Å². The largest absolute Gasteiger partial charge is 0.487 e. The Hall–Kier alpha value is -4.08. The lowest BCUT2D eigenvalue weighted by Crippen LogP contribution is -2.30. The number of rotatable bonds is 8. The molecule has 5 rings (SSSR count). The highest BCUT2D eigenvalue weighted by Crippen LogP contribution is 2.44. The number of hydrogen-bond donors (Lipinski definition) is 3. The summed E-state index contributed by atoms with van der Waals surface area (Å²) in [5, 5.41) is 12.5. The molecule has 0 unspecified atom stereocenters. The van der Waals surface area contributed by atoms with Crippen molar-refractivity contribution in [2.75, 3.05) is 24.2 Å². The number of carboxylic acids is 1. The van der Waals surface area contributed by atoms with Gasteiger partial charge in [0, 0.05) is 19.3 Å². The van der Waals surface area contributed by atoms with Crippen LogP contribution in [0.5, 0.6) is 5.75 Å². The minimum atomic E-state index is -1.38. The van der Waals surface area contributed by atoms with Gasteiger partial charge in [0.05, 0.1) is 40.0 Å². The molecule has 0 saturated carbocycles. The van der Waals surface area contributed by atoms with Gasteiger partial charge >= 0.3 is 5.97 Å². The Labute approximate surface area is 206 Å². The van der Waals surface area contributed by atoms with Crippen LogP contribution in [-0.4, -0.2) is 38.3 Å². The normalized spacial score (nSPS) is 14.9. The third-order valence-electron chi connectivity index (χ3n) is 6.59. The molecule has 2 aromatic carbocycles. The van der Waals surface area contributed by atoms with Gasteiger partial charge in [-0.05, 0) is 30.9 Å².